The number of aryl methyl sites for hydroxylation is 1. The van der Waals surface area contributed by atoms with E-state index in [0.717, 1.165) is 11.4 Å². The highest BCUT2D eigenvalue weighted by atomic mass is 15.5. The molecule has 112 valence electrons. The third kappa shape index (κ3) is 3.24. The molecular weight excluding hydrogens is 288 g/mol. The number of nitrogens with one attached hydrogen (secondary N) is 1. The van der Waals surface area contributed by atoms with Crippen molar-refractivity contribution in [1.82, 2.24) is 20.2 Å². The first-order valence-electron chi connectivity index (χ1n) is 7.05. The van der Waals surface area contributed by atoms with Gasteiger partial charge in [0.2, 0.25) is 0 Å². The van der Waals surface area contributed by atoms with Gasteiger partial charge in [-0.3, -0.25) is 0 Å². The molecule has 1 aromatic heterocycles. The number of hydrogen-bond donors (Lipinski definition) is 1. The molecule has 23 heavy (non-hydrogen) atoms. The summed E-state index contributed by atoms with van der Waals surface area (Å²) < 4.78 is 1.65. The fourth-order valence-electron chi connectivity index (χ4n) is 2.08. The second kappa shape index (κ2) is 6.54. The SMILES string of the molecule is Cc1ccc(-n2nnnc2/C=C/Nc2ccccc2C#N)cc1. The van der Waals surface area contributed by atoms with E-state index in [2.05, 4.69) is 26.9 Å². The second-order valence-electron chi connectivity index (χ2n) is 4.92. The third-order valence-electron chi connectivity index (χ3n) is 3.29. The monoisotopic (exact) mass is 302 g/mol. The minimum atomic E-state index is 0.579. The van der Waals surface area contributed by atoms with E-state index in [9.17, 15) is 0 Å². The number of nitriles is 1. The van der Waals surface area contributed by atoms with Gasteiger partial charge in [0.05, 0.1) is 16.9 Å². The summed E-state index contributed by atoms with van der Waals surface area (Å²) in [5.41, 5.74) is 3.38. The Balaban J connectivity index is 1.80. The summed E-state index contributed by atoms with van der Waals surface area (Å²) in [4.78, 5) is 0. The minimum Gasteiger partial charge on any atom is -0.360 e. The first-order valence-corrected chi connectivity index (χ1v) is 7.05. The molecule has 3 aromatic rings. The lowest BCUT2D eigenvalue weighted by Crippen LogP contribution is -2.00. The highest BCUT2D eigenvalue weighted by Crippen LogP contribution is 2.14. The van der Waals surface area contributed by atoms with Crippen LogP contribution in [0.2, 0.25) is 0 Å². The molecule has 0 unspecified atom stereocenters. The summed E-state index contributed by atoms with van der Waals surface area (Å²) in [6.07, 6.45) is 3.47. The van der Waals surface area contributed by atoms with Crippen molar-refractivity contribution in [3.63, 3.8) is 0 Å². The number of hydrogen-bond acceptors (Lipinski definition) is 5. The molecule has 6 nitrogen and oxygen atoms in total. The van der Waals surface area contributed by atoms with Crippen LogP contribution in [0, 0.1) is 18.3 Å². The number of nitrogens with zero attached hydrogens (tertiary/aromatic N) is 5. The standard InChI is InChI=1S/C17H14N6/c1-13-6-8-15(9-7-13)23-17(20-21-22-23)10-11-19-16-5-3-2-4-14(16)12-18/h2-11,19H,1H3/b11-10+. The maximum absolute atomic E-state index is 9.07. The zero-order valence-electron chi connectivity index (χ0n) is 12.5. The van der Waals surface area contributed by atoms with Crippen molar-refractivity contribution < 1.29 is 0 Å². The van der Waals surface area contributed by atoms with Crippen LogP contribution in [-0.2, 0) is 0 Å². The molecule has 0 fully saturated rings. The number of benzene rings is 2. The number of aromatic nitrogens is 4. The Morgan fingerprint density at radius 3 is 2.70 bits per heavy atom. The summed E-state index contributed by atoms with van der Waals surface area (Å²) in [6.45, 7) is 2.03. The average molecular weight is 302 g/mol. The van der Waals surface area contributed by atoms with Crippen molar-refractivity contribution in [3.05, 3.63) is 71.7 Å². The highest BCUT2D eigenvalue weighted by Gasteiger charge is 2.05. The third-order valence-corrected chi connectivity index (χ3v) is 3.29. The molecule has 6 heteroatoms. The van der Waals surface area contributed by atoms with Gasteiger partial charge in [0.15, 0.2) is 5.82 Å². The summed E-state index contributed by atoms with van der Waals surface area (Å²) in [6, 6.07) is 17.4. The van der Waals surface area contributed by atoms with Crippen LogP contribution in [0.25, 0.3) is 11.8 Å². The van der Waals surface area contributed by atoms with Crippen LogP contribution in [-0.4, -0.2) is 20.2 Å². The fourth-order valence-corrected chi connectivity index (χ4v) is 2.08. The van der Waals surface area contributed by atoms with E-state index in [0.29, 0.717) is 11.4 Å². The van der Waals surface area contributed by atoms with Crippen LogP contribution in [0.3, 0.4) is 0 Å². The highest BCUT2D eigenvalue weighted by molar-refractivity contribution is 5.60. The van der Waals surface area contributed by atoms with E-state index in [1.165, 1.54) is 5.56 Å². The Hall–Kier alpha value is -3.46. The van der Waals surface area contributed by atoms with Gasteiger partial charge in [0, 0.05) is 12.3 Å². The summed E-state index contributed by atoms with van der Waals surface area (Å²) in [5, 5.41) is 23.9. The number of para-hydroxylation sites is 1. The lowest BCUT2D eigenvalue weighted by Gasteiger charge is -2.03. The molecule has 0 aliphatic carbocycles. The Labute approximate surface area is 133 Å². The van der Waals surface area contributed by atoms with Crippen molar-refractivity contribution >= 4 is 11.8 Å². The summed E-state index contributed by atoms with van der Waals surface area (Å²) >= 11 is 0. The molecule has 0 spiro atoms. The zero-order chi connectivity index (χ0) is 16.1. The van der Waals surface area contributed by atoms with Crippen molar-refractivity contribution in [2.75, 3.05) is 5.32 Å². The van der Waals surface area contributed by atoms with Gasteiger partial charge >= 0.3 is 0 Å². The van der Waals surface area contributed by atoms with E-state index in [1.807, 2.05) is 49.4 Å². The first kappa shape index (κ1) is 14.5. The lowest BCUT2D eigenvalue weighted by molar-refractivity contribution is 0.786. The van der Waals surface area contributed by atoms with Gasteiger partial charge in [-0.1, -0.05) is 29.8 Å². The molecule has 0 radical (unpaired) electrons. The molecule has 0 atom stereocenters. The molecule has 1 heterocycles. The van der Waals surface area contributed by atoms with Gasteiger partial charge in [-0.05, 0) is 41.6 Å². The van der Waals surface area contributed by atoms with Crippen molar-refractivity contribution in [1.29, 1.82) is 5.26 Å². The average Bonchev–Trinajstić information content (AvgIpc) is 3.04. The lowest BCUT2D eigenvalue weighted by atomic mass is 10.2. The van der Waals surface area contributed by atoms with Crippen LogP contribution >= 0.6 is 0 Å². The number of anilines is 1. The molecule has 0 saturated heterocycles. The normalized spacial score (nSPS) is 10.6. The van der Waals surface area contributed by atoms with Crippen molar-refractivity contribution in [2.24, 2.45) is 0 Å². The molecule has 2 aromatic carbocycles. The first-order chi connectivity index (χ1) is 11.3. The topological polar surface area (TPSA) is 79.4 Å². The van der Waals surface area contributed by atoms with E-state index < -0.39 is 0 Å². The largest absolute Gasteiger partial charge is 0.360 e. The van der Waals surface area contributed by atoms with Crippen LogP contribution in [0.4, 0.5) is 5.69 Å². The summed E-state index contributed by atoms with van der Waals surface area (Å²) in [5.74, 6) is 0.593. The Morgan fingerprint density at radius 1 is 1.13 bits per heavy atom. The molecule has 1 N–H and O–H groups in total. The van der Waals surface area contributed by atoms with E-state index >= 15 is 0 Å². The van der Waals surface area contributed by atoms with Crippen LogP contribution in [0.1, 0.15) is 17.0 Å². The minimum absolute atomic E-state index is 0.579. The van der Waals surface area contributed by atoms with Gasteiger partial charge in [0.25, 0.3) is 0 Å². The van der Waals surface area contributed by atoms with Crippen LogP contribution in [0.15, 0.2) is 54.7 Å². The predicted octanol–water partition coefficient (Wildman–Crippen LogP) is 2.93. The Morgan fingerprint density at radius 2 is 1.91 bits per heavy atom. The van der Waals surface area contributed by atoms with Crippen LogP contribution < -0.4 is 5.32 Å². The van der Waals surface area contributed by atoms with Gasteiger partial charge in [-0.15, -0.1) is 5.10 Å². The van der Waals surface area contributed by atoms with Crippen molar-refractivity contribution in [3.8, 4) is 11.8 Å². The Bertz CT molecular complexity index is 871. The molecule has 0 aliphatic heterocycles. The zero-order valence-corrected chi connectivity index (χ0v) is 12.5. The summed E-state index contributed by atoms with van der Waals surface area (Å²) in [7, 11) is 0. The van der Waals surface area contributed by atoms with Gasteiger partial charge in [0.1, 0.15) is 6.07 Å². The molecule has 0 bridgehead atoms. The molecule has 0 aliphatic rings. The maximum Gasteiger partial charge on any atom is 0.181 e. The molecular formula is C17H14N6. The van der Waals surface area contributed by atoms with E-state index in [1.54, 1.807) is 23.0 Å². The quantitative estimate of drug-likeness (QED) is 0.801. The van der Waals surface area contributed by atoms with Crippen LogP contribution in [0.5, 0.6) is 0 Å². The molecule has 0 saturated carbocycles. The van der Waals surface area contributed by atoms with E-state index in [4.69, 9.17) is 5.26 Å². The Kier molecular flexibility index (Phi) is 4.11. The smallest absolute Gasteiger partial charge is 0.181 e. The molecule has 3 rings (SSSR count). The molecule has 0 amide bonds. The van der Waals surface area contributed by atoms with Gasteiger partial charge in [-0.25, -0.2) is 0 Å². The predicted molar refractivity (Wildman–Crippen MR) is 87.7 cm³/mol. The maximum atomic E-state index is 9.07. The van der Waals surface area contributed by atoms with Crippen molar-refractivity contribution in [2.45, 2.75) is 6.92 Å². The second-order valence-corrected chi connectivity index (χ2v) is 4.92. The fraction of sp³-hybridized carbons (Fsp3) is 0.0588. The van der Waals surface area contributed by atoms with Gasteiger partial charge in [-0.2, -0.15) is 9.94 Å². The van der Waals surface area contributed by atoms with Gasteiger partial charge < -0.3 is 5.32 Å². The number of tetrazole rings is 1. The number of rotatable bonds is 4. The van der Waals surface area contributed by atoms with E-state index in [-0.39, 0.29) is 0 Å².